The molecule has 3 N–H and O–H groups in total. The Bertz CT molecular complexity index is 284. The first-order chi connectivity index (χ1) is 8.04. The van der Waals surface area contributed by atoms with Crippen molar-refractivity contribution in [2.24, 2.45) is 0 Å². The molecule has 2 atom stereocenters. The molecule has 7 nitrogen and oxygen atoms in total. The molecule has 0 radical (unpaired) electrons. The van der Waals surface area contributed by atoms with E-state index in [1.807, 2.05) is 0 Å². The van der Waals surface area contributed by atoms with E-state index in [2.05, 4.69) is 5.32 Å². The molecule has 0 saturated carbocycles. The van der Waals surface area contributed by atoms with Gasteiger partial charge >= 0.3 is 12.0 Å². The average molecular weight is 246 g/mol. The van der Waals surface area contributed by atoms with Crippen molar-refractivity contribution in [1.82, 2.24) is 10.2 Å². The van der Waals surface area contributed by atoms with E-state index in [-0.39, 0.29) is 19.6 Å². The van der Waals surface area contributed by atoms with E-state index in [9.17, 15) is 14.7 Å². The molecule has 0 aromatic carbocycles. The molecule has 0 spiro atoms. The van der Waals surface area contributed by atoms with E-state index in [4.69, 9.17) is 9.84 Å². The number of amides is 2. The molecule has 1 fully saturated rings. The number of aliphatic hydroxyl groups is 1. The van der Waals surface area contributed by atoms with Gasteiger partial charge in [-0.05, 0) is 6.42 Å². The van der Waals surface area contributed by atoms with Gasteiger partial charge in [-0.15, -0.1) is 0 Å². The minimum absolute atomic E-state index is 0.216. The molecule has 2 unspecified atom stereocenters. The van der Waals surface area contributed by atoms with Crippen LogP contribution in [0.2, 0.25) is 0 Å². The molecule has 0 aromatic rings. The lowest BCUT2D eigenvalue weighted by Gasteiger charge is -2.20. The summed E-state index contributed by atoms with van der Waals surface area (Å²) in [5.74, 6) is -1.09. The molecule has 1 aliphatic heterocycles. The van der Waals surface area contributed by atoms with Crippen LogP contribution in [0.1, 0.15) is 12.8 Å². The number of hydrogen-bond acceptors (Lipinski definition) is 4. The first-order valence-electron chi connectivity index (χ1n) is 5.50. The number of urea groups is 1. The van der Waals surface area contributed by atoms with Crippen LogP contribution < -0.4 is 5.32 Å². The maximum Gasteiger partial charge on any atom is 0.326 e. The summed E-state index contributed by atoms with van der Waals surface area (Å²) in [5, 5.41) is 20.6. The van der Waals surface area contributed by atoms with Crippen molar-refractivity contribution in [1.29, 1.82) is 0 Å². The van der Waals surface area contributed by atoms with E-state index in [1.165, 1.54) is 12.0 Å². The van der Waals surface area contributed by atoms with E-state index < -0.39 is 24.1 Å². The van der Waals surface area contributed by atoms with Gasteiger partial charge in [0, 0.05) is 33.2 Å². The summed E-state index contributed by atoms with van der Waals surface area (Å²) in [6.07, 6.45) is 0.236. The molecule has 98 valence electrons. The van der Waals surface area contributed by atoms with Gasteiger partial charge in [-0.3, -0.25) is 0 Å². The number of aliphatic carboxylic acids is 1. The van der Waals surface area contributed by atoms with Gasteiger partial charge in [-0.25, -0.2) is 9.59 Å². The zero-order valence-electron chi connectivity index (χ0n) is 9.76. The Labute approximate surface area is 99.4 Å². The molecule has 7 heteroatoms. The van der Waals surface area contributed by atoms with Gasteiger partial charge in [0.25, 0.3) is 0 Å². The lowest BCUT2D eigenvalue weighted by atomic mass is 10.2. The van der Waals surface area contributed by atoms with Gasteiger partial charge in [0.15, 0.2) is 0 Å². The summed E-state index contributed by atoms with van der Waals surface area (Å²) in [6, 6.07) is -1.41. The van der Waals surface area contributed by atoms with Crippen molar-refractivity contribution >= 4 is 12.0 Å². The number of carbonyl (C=O) groups excluding carboxylic acids is 1. The summed E-state index contributed by atoms with van der Waals surface area (Å²) in [4.78, 5) is 24.0. The van der Waals surface area contributed by atoms with E-state index in [0.717, 1.165) is 0 Å². The number of nitrogens with one attached hydrogen (secondary N) is 1. The van der Waals surface area contributed by atoms with Crippen LogP contribution in [0.5, 0.6) is 0 Å². The number of hydrogen-bond donors (Lipinski definition) is 3. The van der Waals surface area contributed by atoms with Crippen LogP contribution in [0, 0.1) is 0 Å². The van der Waals surface area contributed by atoms with Crippen LogP contribution in [0.4, 0.5) is 4.79 Å². The number of methoxy groups -OCH3 is 1. The molecule has 1 aliphatic rings. The van der Waals surface area contributed by atoms with Gasteiger partial charge in [0.05, 0.1) is 6.10 Å². The van der Waals surface area contributed by atoms with E-state index in [0.29, 0.717) is 13.0 Å². The quantitative estimate of drug-likeness (QED) is 0.593. The predicted molar refractivity (Wildman–Crippen MR) is 58.6 cm³/mol. The Morgan fingerprint density at radius 3 is 2.76 bits per heavy atom. The fourth-order valence-electron chi connectivity index (χ4n) is 1.66. The number of nitrogens with zero attached hydrogens (tertiary/aromatic N) is 1. The number of carbonyl (C=O) groups is 2. The van der Waals surface area contributed by atoms with Gasteiger partial charge < -0.3 is 25.2 Å². The standard InChI is InChI=1S/C10H18N2O5/c1-17-5-3-8(9(14)15)11-10(16)12-4-2-7(13)6-12/h7-8,13H,2-6H2,1H3,(H,11,16)(H,14,15). The van der Waals surface area contributed by atoms with Crippen molar-refractivity contribution in [2.75, 3.05) is 26.8 Å². The fourth-order valence-corrected chi connectivity index (χ4v) is 1.66. The maximum absolute atomic E-state index is 11.7. The van der Waals surface area contributed by atoms with Crippen molar-refractivity contribution in [3.8, 4) is 0 Å². The normalized spacial score (nSPS) is 21.3. The number of rotatable bonds is 5. The SMILES string of the molecule is COCCC(NC(=O)N1CCC(O)C1)C(=O)O. The Balaban J connectivity index is 2.43. The third-order valence-corrected chi connectivity index (χ3v) is 2.66. The number of likely N-dealkylation sites (tertiary alicyclic amines) is 1. The largest absolute Gasteiger partial charge is 0.480 e. The monoisotopic (exact) mass is 246 g/mol. The van der Waals surface area contributed by atoms with Crippen molar-refractivity contribution in [2.45, 2.75) is 25.0 Å². The minimum atomic E-state index is -1.09. The molecule has 2 amide bonds. The zero-order valence-corrected chi connectivity index (χ0v) is 9.76. The topological polar surface area (TPSA) is 99.1 Å². The smallest absolute Gasteiger partial charge is 0.326 e. The third-order valence-electron chi connectivity index (χ3n) is 2.66. The maximum atomic E-state index is 11.7. The average Bonchev–Trinajstić information content (AvgIpc) is 2.70. The number of aliphatic hydroxyl groups excluding tert-OH is 1. The number of β-amino-alcohol motifs (C(OH)–C–C–N with tert-alkyl or cyclic N) is 1. The highest BCUT2D eigenvalue weighted by molar-refractivity contribution is 5.82. The number of ether oxygens (including phenoxy) is 1. The second-order valence-corrected chi connectivity index (χ2v) is 4.01. The van der Waals surface area contributed by atoms with Crippen LogP contribution in [0.3, 0.4) is 0 Å². The Hall–Kier alpha value is -1.34. The first kappa shape index (κ1) is 13.7. The molecular formula is C10H18N2O5. The van der Waals surface area contributed by atoms with Gasteiger partial charge in [0.2, 0.25) is 0 Å². The minimum Gasteiger partial charge on any atom is -0.480 e. The Morgan fingerprint density at radius 2 is 2.29 bits per heavy atom. The summed E-state index contributed by atoms with van der Waals surface area (Å²) >= 11 is 0. The van der Waals surface area contributed by atoms with Gasteiger partial charge in [-0.1, -0.05) is 0 Å². The van der Waals surface area contributed by atoms with Crippen molar-refractivity contribution < 1.29 is 24.5 Å². The summed E-state index contributed by atoms with van der Waals surface area (Å²) in [7, 11) is 1.47. The first-order valence-corrected chi connectivity index (χ1v) is 5.50. The second-order valence-electron chi connectivity index (χ2n) is 4.01. The van der Waals surface area contributed by atoms with Crippen molar-refractivity contribution in [3.63, 3.8) is 0 Å². The molecule has 0 bridgehead atoms. The molecule has 1 heterocycles. The summed E-state index contributed by atoms with van der Waals surface area (Å²) in [5.41, 5.74) is 0. The molecule has 1 saturated heterocycles. The second kappa shape index (κ2) is 6.41. The molecule has 1 rings (SSSR count). The van der Waals surface area contributed by atoms with E-state index in [1.54, 1.807) is 0 Å². The molecule has 0 aliphatic carbocycles. The summed E-state index contributed by atoms with van der Waals surface area (Å²) in [6.45, 7) is 0.964. The number of carboxylic acid groups (broad SMARTS) is 1. The van der Waals surface area contributed by atoms with Crippen LogP contribution in [0.25, 0.3) is 0 Å². The van der Waals surface area contributed by atoms with Crippen LogP contribution in [-0.2, 0) is 9.53 Å². The van der Waals surface area contributed by atoms with Crippen LogP contribution in [0.15, 0.2) is 0 Å². The van der Waals surface area contributed by atoms with Crippen molar-refractivity contribution in [3.05, 3.63) is 0 Å². The molecule has 17 heavy (non-hydrogen) atoms. The highest BCUT2D eigenvalue weighted by Gasteiger charge is 2.27. The third kappa shape index (κ3) is 4.20. The highest BCUT2D eigenvalue weighted by atomic mass is 16.5. The lowest BCUT2D eigenvalue weighted by molar-refractivity contribution is -0.139. The molecule has 0 aromatic heterocycles. The summed E-state index contributed by atoms with van der Waals surface area (Å²) < 4.78 is 4.78. The Morgan fingerprint density at radius 1 is 1.59 bits per heavy atom. The molecular weight excluding hydrogens is 228 g/mol. The van der Waals surface area contributed by atoms with Gasteiger partial charge in [0.1, 0.15) is 6.04 Å². The van der Waals surface area contributed by atoms with E-state index >= 15 is 0 Å². The fraction of sp³-hybridized carbons (Fsp3) is 0.800. The highest BCUT2D eigenvalue weighted by Crippen LogP contribution is 2.09. The predicted octanol–water partition coefficient (Wildman–Crippen LogP) is -0.748. The number of carboxylic acids is 1. The van der Waals surface area contributed by atoms with Crippen LogP contribution in [-0.4, -0.2) is 66.1 Å². The zero-order chi connectivity index (χ0) is 12.8. The Kier molecular flexibility index (Phi) is 5.17. The van der Waals surface area contributed by atoms with Gasteiger partial charge in [-0.2, -0.15) is 0 Å². The lowest BCUT2D eigenvalue weighted by Crippen LogP contribution is -2.47. The van der Waals surface area contributed by atoms with Crippen LogP contribution >= 0.6 is 0 Å².